The Morgan fingerprint density at radius 2 is 2.43 bits per heavy atom. The van der Waals surface area contributed by atoms with E-state index in [1.54, 1.807) is 0 Å². The molecule has 0 spiro atoms. The summed E-state index contributed by atoms with van der Waals surface area (Å²) in [6, 6.07) is 1.94. The minimum absolute atomic E-state index is 0.0413. The maximum Gasteiger partial charge on any atom is 0.234 e. The van der Waals surface area contributed by atoms with Gasteiger partial charge < -0.3 is 15.6 Å². The molecule has 1 aromatic heterocycles. The van der Waals surface area contributed by atoms with Gasteiger partial charge in [0.1, 0.15) is 0 Å². The van der Waals surface area contributed by atoms with Crippen LogP contribution < -0.4 is 10.6 Å². The Hall–Kier alpha value is -1.29. The molecule has 1 heterocycles. The van der Waals surface area contributed by atoms with Gasteiger partial charge in [-0.05, 0) is 24.6 Å². The Morgan fingerprint density at radius 3 is 3.07 bits per heavy atom. The van der Waals surface area contributed by atoms with Crippen molar-refractivity contribution in [1.82, 2.24) is 15.6 Å². The minimum atomic E-state index is 0.0413. The van der Waals surface area contributed by atoms with Gasteiger partial charge in [0.05, 0.1) is 6.54 Å². The first-order valence-corrected chi connectivity index (χ1v) is 4.92. The molecule has 0 saturated heterocycles. The van der Waals surface area contributed by atoms with Crippen LogP contribution in [0, 0.1) is 0 Å². The molecule has 0 aromatic carbocycles. The number of carbonyl (C=O) groups excluding carboxylic acids is 1. The summed E-state index contributed by atoms with van der Waals surface area (Å²) in [6.07, 6.45) is 4.77. The summed E-state index contributed by atoms with van der Waals surface area (Å²) in [4.78, 5) is 14.2. The van der Waals surface area contributed by atoms with Crippen LogP contribution in [-0.4, -0.2) is 24.0 Å². The van der Waals surface area contributed by atoms with Crippen molar-refractivity contribution in [1.29, 1.82) is 0 Å². The molecule has 0 fully saturated rings. The van der Waals surface area contributed by atoms with Crippen molar-refractivity contribution in [2.24, 2.45) is 0 Å². The Bertz CT molecular complexity index is 256. The van der Waals surface area contributed by atoms with Crippen LogP contribution in [0.4, 0.5) is 0 Å². The van der Waals surface area contributed by atoms with E-state index in [9.17, 15) is 4.79 Å². The molecule has 4 nitrogen and oxygen atoms in total. The van der Waals surface area contributed by atoms with E-state index in [1.165, 1.54) is 0 Å². The SMILES string of the molecule is CCCNCC(=O)NCc1cc[nH]c1. The van der Waals surface area contributed by atoms with Gasteiger partial charge in [0, 0.05) is 18.9 Å². The number of nitrogens with one attached hydrogen (secondary N) is 3. The van der Waals surface area contributed by atoms with Gasteiger partial charge in [-0.25, -0.2) is 0 Å². The lowest BCUT2D eigenvalue weighted by Crippen LogP contribution is -2.33. The number of H-pyrrole nitrogens is 1. The van der Waals surface area contributed by atoms with Gasteiger partial charge in [0.15, 0.2) is 0 Å². The van der Waals surface area contributed by atoms with Gasteiger partial charge >= 0.3 is 0 Å². The van der Waals surface area contributed by atoms with E-state index < -0.39 is 0 Å². The van der Waals surface area contributed by atoms with Gasteiger partial charge in [-0.15, -0.1) is 0 Å². The number of rotatable bonds is 6. The highest BCUT2D eigenvalue weighted by Gasteiger charge is 1.99. The molecule has 78 valence electrons. The third-order valence-electron chi connectivity index (χ3n) is 1.86. The van der Waals surface area contributed by atoms with Crippen LogP contribution in [0.1, 0.15) is 18.9 Å². The molecule has 4 heteroatoms. The summed E-state index contributed by atoms with van der Waals surface area (Å²) >= 11 is 0. The van der Waals surface area contributed by atoms with Crippen molar-refractivity contribution in [3.05, 3.63) is 24.0 Å². The first-order valence-electron chi connectivity index (χ1n) is 4.92. The summed E-state index contributed by atoms with van der Waals surface area (Å²) in [6.45, 7) is 3.96. The van der Waals surface area contributed by atoms with Crippen LogP contribution >= 0.6 is 0 Å². The van der Waals surface area contributed by atoms with Crippen molar-refractivity contribution >= 4 is 5.91 Å². The van der Waals surface area contributed by atoms with Crippen molar-refractivity contribution < 1.29 is 4.79 Å². The molecule has 0 bridgehead atoms. The largest absolute Gasteiger partial charge is 0.367 e. The van der Waals surface area contributed by atoms with Gasteiger partial charge in [-0.1, -0.05) is 6.92 Å². The summed E-state index contributed by atoms with van der Waals surface area (Å²) in [5.41, 5.74) is 1.09. The second-order valence-electron chi connectivity index (χ2n) is 3.17. The van der Waals surface area contributed by atoms with E-state index >= 15 is 0 Å². The molecule has 0 aliphatic rings. The number of hydrogen-bond acceptors (Lipinski definition) is 2. The average Bonchev–Trinajstić information content (AvgIpc) is 2.68. The van der Waals surface area contributed by atoms with Crippen molar-refractivity contribution in [2.75, 3.05) is 13.1 Å². The Labute approximate surface area is 84.1 Å². The molecule has 1 rings (SSSR count). The summed E-state index contributed by atoms with van der Waals surface area (Å²) < 4.78 is 0. The molecule has 0 radical (unpaired) electrons. The standard InChI is InChI=1S/C10H17N3O/c1-2-4-11-8-10(14)13-7-9-3-5-12-6-9/h3,5-6,11-12H,2,4,7-8H2,1H3,(H,13,14). The lowest BCUT2D eigenvalue weighted by molar-refractivity contribution is -0.120. The smallest absolute Gasteiger partial charge is 0.234 e. The number of hydrogen-bond donors (Lipinski definition) is 3. The molecule has 0 unspecified atom stereocenters. The van der Waals surface area contributed by atoms with Gasteiger partial charge in [0.2, 0.25) is 5.91 Å². The number of aromatic nitrogens is 1. The fraction of sp³-hybridized carbons (Fsp3) is 0.500. The third-order valence-corrected chi connectivity index (χ3v) is 1.86. The van der Waals surface area contributed by atoms with Crippen LogP contribution in [0.3, 0.4) is 0 Å². The molecule has 1 aromatic rings. The summed E-state index contributed by atoms with van der Waals surface area (Å²) in [7, 11) is 0. The average molecular weight is 195 g/mol. The van der Waals surface area contributed by atoms with E-state index in [-0.39, 0.29) is 5.91 Å². The quantitative estimate of drug-likeness (QED) is 0.583. The van der Waals surface area contributed by atoms with Gasteiger partial charge in [0.25, 0.3) is 0 Å². The highest BCUT2D eigenvalue weighted by molar-refractivity contribution is 5.77. The van der Waals surface area contributed by atoms with Crippen LogP contribution in [-0.2, 0) is 11.3 Å². The van der Waals surface area contributed by atoms with Crippen LogP contribution in [0.5, 0.6) is 0 Å². The van der Waals surface area contributed by atoms with E-state index in [0.29, 0.717) is 13.1 Å². The predicted molar refractivity (Wildman–Crippen MR) is 55.8 cm³/mol. The van der Waals surface area contributed by atoms with Gasteiger partial charge in [-0.3, -0.25) is 4.79 Å². The molecular weight excluding hydrogens is 178 g/mol. The number of carbonyl (C=O) groups is 1. The highest BCUT2D eigenvalue weighted by Crippen LogP contribution is 1.94. The summed E-state index contributed by atoms with van der Waals surface area (Å²) in [5, 5.41) is 5.87. The van der Waals surface area contributed by atoms with Gasteiger partial charge in [-0.2, -0.15) is 0 Å². The van der Waals surface area contributed by atoms with Crippen LogP contribution in [0.2, 0.25) is 0 Å². The van der Waals surface area contributed by atoms with Crippen molar-refractivity contribution in [3.63, 3.8) is 0 Å². The predicted octanol–water partition coefficient (Wildman–Crippen LogP) is 0.630. The molecule has 0 atom stereocenters. The summed E-state index contributed by atoms with van der Waals surface area (Å²) in [5.74, 6) is 0.0413. The zero-order chi connectivity index (χ0) is 10.2. The normalized spacial score (nSPS) is 10.1. The lowest BCUT2D eigenvalue weighted by Gasteiger charge is -2.04. The van der Waals surface area contributed by atoms with Crippen molar-refractivity contribution in [2.45, 2.75) is 19.9 Å². The van der Waals surface area contributed by atoms with Crippen molar-refractivity contribution in [3.8, 4) is 0 Å². The second kappa shape index (κ2) is 6.21. The Morgan fingerprint density at radius 1 is 1.57 bits per heavy atom. The third kappa shape index (κ3) is 4.09. The first-order chi connectivity index (χ1) is 6.83. The fourth-order valence-electron chi connectivity index (χ4n) is 1.11. The molecule has 14 heavy (non-hydrogen) atoms. The molecule has 0 saturated carbocycles. The maximum atomic E-state index is 11.2. The monoisotopic (exact) mass is 195 g/mol. The van der Waals surface area contributed by atoms with Crippen LogP contribution in [0.25, 0.3) is 0 Å². The van der Waals surface area contributed by atoms with Crippen LogP contribution in [0.15, 0.2) is 18.5 Å². The molecule has 3 N–H and O–H groups in total. The van der Waals surface area contributed by atoms with E-state index in [2.05, 4.69) is 22.5 Å². The number of aromatic amines is 1. The minimum Gasteiger partial charge on any atom is -0.367 e. The van der Waals surface area contributed by atoms with E-state index in [1.807, 2.05) is 18.5 Å². The molecule has 0 aliphatic carbocycles. The topological polar surface area (TPSA) is 56.9 Å². The Balaban J connectivity index is 2.09. The molecule has 0 aliphatic heterocycles. The molecule has 1 amide bonds. The van der Waals surface area contributed by atoms with E-state index in [4.69, 9.17) is 0 Å². The lowest BCUT2D eigenvalue weighted by atomic mass is 10.3. The van der Waals surface area contributed by atoms with E-state index in [0.717, 1.165) is 18.5 Å². The zero-order valence-corrected chi connectivity index (χ0v) is 8.47. The Kier molecular flexibility index (Phi) is 4.78. The fourth-order valence-corrected chi connectivity index (χ4v) is 1.11. The first kappa shape index (κ1) is 10.8. The molecular formula is C10H17N3O. The maximum absolute atomic E-state index is 11.2. The number of amides is 1. The highest BCUT2D eigenvalue weighted by atomic mass is 16.1. The zero-order valence-electron chi connectivity index (χ0n) is 8.47. The second-order valence-corrected chi connectivity index (χ2v) is 3.17.